The van der Waals surface area contributed by atoms with Gasteiger partial charge in [0.25, 0.3) is 5.91 Å². The average molecular weight is 880 g/mol. The fraction of sp³-hybridized carbons (Fsp3) is 0.395. The van der Waals surface area contributed by atoms with Crippen LogP contribution in [0.25, 0.3) is 21.9 Å². The fourth-order valence-electron chi connectivity index (χ4n) is 8.26. The molecule has 330 valence electrons. The highest BCUT2D eigenvalue weighted by Crippen LogP contribution is 2.33. The number of nitrogens with two attached hydrogens (primary N) is 2. The maximum Gasteiger partial charge on any atom is 0.375 e. The number of anilines is 1. The summed E-state index contributed by atoms with van der Waals surface area (Å²) >= 11 is 1.30. The van der Waals surface area contributed by atoms with Gasteiger partial charge in [0.15, 0.2) is 17.0 Å². The van der Waals surface area contributed by atoms with E-state index < -0.39 is 17.7 Å². The third kappa shape index (κ3) is 8.86. The summed E-state index contributed by atoms with van der Waals surface area (Å²) in [5.74, 6) is -1.06. The Balaban J connectivity index is 1.14. The number of thiazole rings is 1. The number of carbonyl (C=O) groups is 4. The monoisotopic (exact) mass is 879 g/mol. The molecule has 6 N–H and O–H groups in total. The van der Waals surface area contributed by atoms with Gasteiger partial charge < -0.3 is 30.2 Å². The molecule has 3 aliphatic rings. The van der Waals surface area contributed by atoms with Gasteiger partial charge >= 0.3 is 5.91 Å². The number of carbonyl (C=O) groups excluding carboxylic acids is 4. The standard InChI is InChI=1S/C43H50N12O7S/c1-6-31-38(63-25(4)46-31)42(59)48-43-47-32-17-27(40(45)57)19-35(61-14-10-11-51-22-29-20-30(23-51)62-29)37(32)52(43)12-8-9-13-54-36-28(16-26(39(44)56)18-34(36)60-5)21-55(54)50-41(58)33-15-24(3)49-53(33)7-2/h8-9,15-19,21,29-30H,6-7,10-14,20,22-23H2,1-5H3,(H5-,44,45,47,48,50,56,57,58,59)/p+1/b9-8+. The van der Waals surface area contributed by atoms with Crippen LogP contribution in [0.15, 0.2) is 48.7 Å². The maximum absolute atomic E-state index is 13.9. The van der Waals surface area contributed by atoms with Gasteiger partial charge in [-0.2, -0.15) is 5.10 Å². The molecule has 0 saturated carbocycles. The van der Waals surface area contributed by atoms with Crippen molar-refractivity contribution in [2.24, 2.45) is 11.5 Å². The molecule has 0 aliphatic carbocycles. The lowest BCUT2D eigenvalue weighted by molar-refractivity contribution is -0.739. The second kappa shape index (κ2) is 18.0. The Bertz CT molecular complexity index is 2770. The van der Waals surface area contributed by atoms with E-state index in [-0.39, 0.29) is 36.1 Å². The summed E-state index contributed by atoms with van der Waals surface area (Å²) in [5, 5.41) is 8.78. The first-order valence-corrected chi connectivity index (χ1v) is 21.7. The number of primary amides is 2. The summed E-state index contributed by atoms with van der Waals surface area (Å²) in [7, 11) is 1.49. The number of fused-ring (bicyclic) bond motifs is 4. The highest BCUT2D eigenvalue weighted by atomic mass is 32.1. The smallest absolute Gasteiger partial charge is 0.375 e. The zero-order valence-electron chi connectivity index (χ0n) is 35.8. The van der Waals surface area contributed by atoms with Gasteiger partial charge in [-0.3, -0.25) is 29.3 Å². The molecule has 2 unspecified atom stereocenters. The Morgan fingerprint density at radius 2 is 1.71 bits per heavy atom. The van der Waals surface area contributed by atoms with Gasteiger partial charge in [-0.1, -0.05) is 17.8 Å². The highest BCUT2D eigenvalue weighted by molar-refractivity contribution is 7.13. The van der Waals surface area contributed by atoms with Gasteiger partial charge in [0.05, 0.1) is 59.4 Å². The summed E-state index contributed by atoms with van der Waals surface area (Å²) in [6, 6.07) is 8.10. The lowest BCUT2D eigenvalue weighted by Crippen LogP contribution is -2.57. The summed E-state index contributed by atoms with van der Waals surface area (Å²) in [4.78, 5) is 66.2. The third-order valence-corrected chi connectivity index (χ3v) is 12.2. The number of rotatable bonds is 18. The Hall–Kier alpha value is -6.64. The molecule has 19 nitrogen and oxygen atoms in total. The molecule has 4 aromatic heterocycles. The molecule has 3 saturated heterocycles. The van der Waals surface area contributed by atoms with Crippen LogP contribution in [0.2, 0.25) is 0 Å². The first-order valence-electron chi connectivity index (χ1n) is 20.9. The molecular weight excluding hydrogens is 829 g/mol. The number of amides is 4. The second-order valence-corrected chi connectivity index (χ2v) is 16.8. The molecular formula is C43H51N12O7S+. The molecule has 2 aromatic carbocycles. The molecule has 20 heteroatoms. The maximum atomic E-state index is 13.9. The first kappa shape index (κ1) is 43.0. The third-order valence-electron chi connectivity index (χ3n) is 11.1. The van der Waals surface area contributed by atoms with E-state index in [2.05, 4.69) is 25.7 Å². The van der Waals surface area contributed by atoms with Crippen LogP contribution in [-0.2, 0) is 30.8 Å². The van der Waals surface area contributed by atoms with Crippen LogP contribution < -0.4 is 36.4 Å². The van der Waals surface area contributed by atoms with Crippen LogP contribution in [0.4, 0.5) is 5.95 Å². The lowest BCUT2D eigenvalue weighted by atomic mass is 9.99. The van der Waals surface area contributed by atoms with Crippen molar-refractivity contribution >= 4 is 62.9 Å². The topological polar surface area (TPSA) is 233 Å². The van der Waals surface area contributed by atoms with Crippen molar-refractivity contribution in [3.8, 4) is 11.5 Å². The van der Waals surface area contributed by atoms with Gasteiger partial charge in [-0.25, -0.2) is 14.8 Å². The number of ether oxygens (including phenoxy) is 3. The zero-order chi connectivity index (χ0) is 44.5. The van der Waals surface area contributed by atoms with E-state index in [0.29, 0.717) is 87.2 Å². The number of nitrogens with one attached hydrogen (secondary N) is 2. The largest absolute Gasteiger partial charge is 0.492 e. The number of imidazole rings is 1. The van der Waals surface area contributed by atoms with Crippen LogP contribution in [0, 0.1) is 13.8 Å². The molecule has 4 amide bonds. The number of hydrogen-bond donors (Lipinski definition) is 4. The number of morpholine rings is 1. The number of piperidine rings is 1. The van der Waals surface area contributed by atoms with Crippen LogP contribution in [0.3, 0.4) is 0 Å². The summed E-state index contributed by atoms with van der Waals surface area (Å²) in [6.45, 7) is 11.4. The molecule has 0 radical (unpaired) electrons. The van der Waals surface area contributed by atoms with Crippen molar-refractivity contribution in [1.82, 2.24) is 34.0 Å². The van der Waals surface area contributed by atoms with Crippen LogP contribution in [0.5, 0.6) is 11.5 Å². The number of benzene rings is 2. The van der Waals surface area contributed by atoms with E-state index in [1.807, 2.05) is 44.4 Å². The molecule has 3 fully saturated rings. The van der Waals surface area contributed by atoms with Gasteiger partial charge in [-0.05, 0) is 70.0 Å². The van der Waals surface area contributed by atoms with Crippen molar-refractivity contribution in [3.05, 3.63) is 86.8 Å². The number of aromatic nitrogens is 7. The zero-order valence-corrected chi connectivity index (χ0v) is 36.7. The quantitative estimate of drug-likeness (QED) is 0.0555. The first-order chi connectivity index (χ1) is 30.3. The Kier molecular flexibility index (Phi) is 12.3. The van der Waals surface area contributed by atoms with E-state index in [1.165, 1.54) is 23.2 Å². The van der Waals surface area contributed by atoms with Crippen LogP contribution in [-0.4, -0.2) is 103 Å². The predicted molar refractivity (Wildman–Crippen MR) is 235 cm³/mol. The minimum atomic E-state index is -0.644. The fourth-order valence-corrected chi connectivity index (χ4v) is 9.16. The number of hydrogen-bond acceptors (Lipinski definition) is 12. The molecule has 6 aromatic rings. The van der Waals surface area contributed by atoms with E-state index in [0.717, 1.165) is 37.5 Å². The van der Waals surface area contributed by atoms with E-state index in [9.17, 15) is 19.2 Å². The van der Waals surface area contributed by atoms with Crippen molar-refractivity contribution in [2.75, 3.05) is 44.1 Å². The van der Waals surface area contributed by atoms with E-state index >= 15 is 0 Å². The minimum absolute atomic E-state index is 0.195. The van der Waals surface area contributed by atoms with Crippen molar-refractivity contribution in [2.45, 2.75) is 78.8 Å². The number of nitrogens with zero attached hydrogens (tertiary/aromatic N) is 8. The normalized spacial score (nSPS) is 16.1. The molecule has 2 bridgehead atoms. The van der Waals surface area contributed by atoms with E-state index in [1.54, 1.807) is 45.9 Å². The van der Waals surface area contributed by atoms with Crippen molar-refractivity contribution in [3.63, 3.8) is 0 Å². The number of aryl methyl sites for hydroxylation is 4. The van der Waals surface area contributed by atoms with Gasteiger partial charge in [0.1, 0.15) is 22.7 Å². The van der Waals surface area contributed by atoms with Crippen LogP contribution in [0.1, 0.15) is 84.0 Å². The van der Waals surface area contributed by atoms with Crippen LogP contribution >= 0.6 is 11.3 Å². The molecule has 2 atom stereocenters. The highest BCUT2D eigenvalue weighted by Gasteiger charge is 2.38. The molecule has 7 heterocycles. The van der Waals surface area contributed by atoms with Gasteiger partial charge in [-0.15, -0.1) is 21.4 Å². The Morgan fingerprint density at radius 3 is 2.41 bits per heavy atom. The lowest BCUT2D eigenvalue weighted by Gasteiger charge is -2.47. The van der Waals surface area contributed by atoms with Gasteiger partial charge in [0, 0.05) is 50.3 Å². The number of allylic oxidation sites excluding steroid dienone is 2. The molecule has 9 rings (SSSR count). The summed E-state index contributed by atoms with van der Waals surface area (Å²) < 4.78 is 23.2. The predicted octanol–water partition coefficient (Wildman–Crippen LogP) is 3.47. The van der Waals surface area contributed by atoms with E-state index in [4.69, 9.17) is 30.7 Å². The second-order valence-electron chi connectivity index (χ2n) is 15.6. The van der Waals surface area contributed by atoms with Crippen molar-refractivity contribution < 1.29 is 38.1 Å². The molecule has 3 aliphatic heterocycles. The van der Waals surface area contributed by atoms with Crippen molar-refractivity contribution in [1.29, 1.82) is 0 Å². The average Bonchev–Trinajstić information content (AvgIpc) is 4.02. The Labute approximate surface area is 366 Å². The minimum Gasteiger partial charge on any atom is -0.492 e. The summed E-state index contributed by atoms with van der Waals surface area (Å²) in [6.07, 6.45) is 8.47. The SMILES string of the molecule is CCc1nc(C)sc1C(=O)Nc1nc2cc(C(N)=O)cc(OCCCN3CC4CC(C3)O4)c2n1C/C=C/C[n+]1c2c(OC)cc(C(N)=O)cc2cn1NC(=O)c1cc(C)nn1CC. The molecule has 63 heavy (non-hydrogen) atoms. The van der Waals surface area contributed by atoms with Gasteiger partial charge in [0.2, 0.25) is 17.8 Å². The summed E-state index contributed by atoms with van der Waals surface area (Å²) in [5.41, 5.74) is 18.2. The molecule has 0 spiro atoms. The Morgan fingerprint density at radius 1 is 0.984 bits per heavy atom. The number of methoxy groups -OCH3 is 1.